The number of carbonyl (C=O) groups excluding carboxylic acids is 2. The number of anilines is 2. The standard InChI is InChI=1S/C17H19ClN4O3/c1-4-7-22(10-16(23)20-15-8-12(3)25-21-15)17(24)19-13-6-5-11(2)14(18)9-13/h4-6,8-9H,1,7,10H2,2-3H3,(H,19,24)(H,20,21,23). The molecule has 0 spiro atoms. The highest BCUT2D eigenvalue weighted by molar-refractivity contribution is 6.31. The van der Waals surface area contributed by atoms with E-state index in [1.54, 1.807) is 31.2 Å². The molecule has 7 nitrogen and oxygen atoms in total. The third-order valence-electron chi connectivity index (χ3n) is 3.29. The van der Waals surface area contributed by atoms with E-state index in [-0.39, 0.29) is 13.1 Å². The molecule has 2 aromatic rings. The second-order valence-electron chi connectivity index (χ2n) is 5.43. The first-order valence-electron chi connectivity index (χ1n) is 7.55. The Kier molecular flexibility index (Phi) is 6.19. The van der Waals surface area contributed by atoms with Crippen LogP contribution in [-0.4, -0.2) is 35.1 Å². The van der Waals surface area contributed by atoms with E-state index in [4.69, 9.17) is 16.1 Å². The number of carbonyl (C=O) groups is 2. The van der Waals surface area contributed by atoms with Crippen LogP contribution in [0.3, 0.4) is 0 Å². The topological polar surface area (TPSA) is 87.5 Å². The van der Waals surface area contributed by atoms with Crippen LogP contribution in [0.1, 0.15) is 11.3 Å². The maximum absolute atomic E-state index is 12.4. The fourth-order valence-electron chi connectivity index (χ4n) is 2.03. The summed E-state index contributed by atoms with van der Waals surface area (Å²) >= 11 is 6.05. The van der Waals surface area contributed by atoms with Gasteiger partial charge in [-0.25, -0.2) is 4.79 Å². The molecule has 0 fully saturated rings. The Bertz CT molecular complexity index is 788. The molecule has 0 aliphatic heterocycles. The van der Waals surface area contributed by atoms with Crippen molar-refractivity contribution in [2.75, 3.05) is 23.7 Å². The fraction of sp³-hybridized carbons (Fsp3) is 0.235. The smallest absolute Gasteiger partial charge is 0.322 e. The number of halogens is 1. The molecule has 1 aromatic heterocycles. The molecule has 25 heavy (non-hydrogen) atoms. The molecule has 0 radical (unpaired) electrons. The van der Waals surface area contributed by atoms with Crippen LogP contribution >= 0.6 is 11.6 Å². The minimum Gasteiger partial charge on any atom is -0.360 e. The quantitative estimate of drug-likeness (QED) is 0.768. The van der Waals surface area contributed by atoms with Gasteiger partial charge in [-0.3, -0.25) is 4.79 Å². The number of urea groups is 1. The predicted octanol–water partition coefficient (Wildman–Crippen LogP) is 3.60. The Balaban J connectivity index is 2.00. The van der Waals surface area contributed by atoms with Crippen molar-refractivity contribution in [3.05, 3.63) is 53.3 Å². The molecule has 1 aromatic carbocycles. The molecule has 0 unspecified atom stereocenters. The summed E-state index contributed by atoms with van der Waals surface area (Å²) in [5.74, 6) is 0.478. The third kappa shape index (κ3) is 5.36. The van der Waals surface area contributed by atoms with Crippen molar-refractivity contribution in [3.63, 3.8) is 0 Å². The van der Waals surface area contributed by atoms with Crippen molar-refractivity contribution in [2.45, 2.75) is 13.8 Å². The molecule has 8 heteroatoms. The van der Waals surface area contributed by atoms with Gasteiger partial charge in [-0.1, -0.05) is 28.9 Å². The van der Waals surface area contributed by atoms with Crippen LogP contribution in [0.15, 0.2) is 41.4 Å². The lowest BCUT2D eigenvalue weighted by Gasteiger charge is -2.21. The van der Waals surface area contributed by atoms with Crippen LogP contribution in [0.2, 0.25) is 5.02 Å². The van der Waals surface area contributed by atoms with E-state index in [0.29, 0.717) is 22.3 Å². The van der Waals surface area contributed by atoms with Crippen molar-refractivity contribution in [2.24, 2.45) is 0 Å². The zero-order valence-corrected chi connectivity index (χ0v) is 14.8. The van der Waals surface area contributed by atoms with Crippen LogP contribution < -0.4 is 10.6 Å². The number of amides is 3. The first-order valence-corrected chi connectivity index (χ1v) is 7.93. The minimum atomic E-state index is -0.439. The number of nitrogens with zero attached hydrogens (tertiary/aromatic N) is 2. The Morgan fingerprint density at radius 1 is 1.32 bits per heavy atom. The zero-order valence-electron chi connectivity index (χ0n) is 14.0. The Morgan fingerprint density at radius 3 is 2.68 bits per heavy atom. The summed E-state index contributed by atoms with van der Waals surface area (Å²) < 4.78 is 4.88. The van der Waals surface area contributed by atoms with Gasteiger partial charge in [0, 0.05) is 23.3 Å². The van der Waals surface area contributed by atoms with Gasteiger partial charge in [-0.2, -0.15) is 0 Å². The Hall–Kier alpha value is -2.80. The van der Waals surface area contributed by atoms with E-state index in [2.05, 4.69) is 22.4 Å². The molecular weight excluding hydrogens is 344 g/mol. The van der Waals surface area contributed by atoms with Gasteiger partial charge in [0.25, 0.3) is 0 Å². The van der Waals surface area contributed by atoms with Crippen LogP contribution in [-0.2, 0) is 4.79 Å². The molecule has 3 amide bonds. The van der Waals surface area contributed by atoms with E-state index in [9.17, 15) is 9.59 Å². The van der Waals surface area contributed by atoms with Crippen LogP contribution in [0.25, 0.3) is 0 Å². The maximum Gasteiger partial charge on any atom is 0.322 e. The SMILES string of the molecule is C=CCN(CC(=O)Nc1cc(C)on1)C(=O)Nc1ccc(C)c(Cl)c1. The van der Waals surface area contributed by atoms with Gasteiger partial charge in [-0.05, 0) is 31.5 Å². The summed E-state index contributed by atoms with van der Waals surface area (Å²) in [6.07, 6.45) is 1.54. The van der Waals surface area contributed by atoms with Crippen molar-refractivity contribution in [1.29, 1.82) is 0 Å². The molecule has 2 rings (SSSR count). The number of nitrogens with one attached hydrogen (secondary N) is 2. The van der Waals surface area contributed by atoms with Gasteiger partial charge >= 0.3 is 6.03 Å². The van der Waals surface area contributed by atoms with Crippen molar-refractivity contribution in [3.8, 4) is 0 Å². The summed E-state index contributed by atoms with van der Waals surface area (Å²) in [6, 6.07) is 6.34. The Morgan fingerprint density at radius 2 is 2.08 bits per heavy atom. The lowest BCUT2D eigenvalue weighted by Crippen LogP contribution is -2.40. The number of hydrogen-bond donors (Lipinski definition) is 2. The second kappa shape index (κ2) is 8.34. The van der Waals surface area contributed by atoms with Gasteiger partial charge in [-0.15, -0.1) is 6.58 Å². The molecule has 0 atom stereocenters. The van der Waals surface area contributed by atoms with Gasteiger partial charge in [0.05, 0.1) is 0 Å². The number of rotatable bonds is 6. The van der Waals surface area contributed by atoms with Gasteiger partial charge in [0.1, 0.15) is 12.3 Å². The lowest BCUT2D eigenvalue weighted by atomic mass is 10.2. The van der Waals surface area contributed by atoms with Gasteiger partial charge < -0.3 is 20.1 Å². The zero-order chi connectivity index (χ0) is 18.4. The van der Waals surface area contributed by atoms with E-state index < -0.39 is 11.9 Å². The van der Waals surface area contributed by atoms with Crippen LogP contribution in [0, 0.1) is 13.8 Å². The van der Waals surface area contributed by atoms with E-state index in [1.165, 1.54) is 11.0 Å². The van der Waals surface area contributed by atoms with Crippen molar-refractivity contribution < 1.29 is 14.1 Å². The minimum absolute atomic E-state index is 0.163. The first-order chi connectivity index (χ1) is 11.9. The number of aryl methyl sites for hydroxylation is 2. The summed E-state index contributed by atoms with van der Waals surface area (Å²) in [7, 11) is 0. The number of hydrogen-bond acceptors (Lipinski definition) is 4. The summed E-state index contributed by atoms with van der Waals surface area (Å²) in [6.45, 7) is 7.23. The van der Waals surface area contributed by atoms with Crippen molar-refractivity contribution >= 4 is 35.0 Å². The number of aromatic nitrogens is 1. The second-order valence-corrected chi connectivity index (χ2v) is 5.84. The largest absolute Gasteiger partial charge is 0.360 e. The highest BCUT2D eigenvalue weighted by Crippen LogP contribution is 2.20. The predicted molar refractivity (Wildman–Crippen MR) is 96.8 cm³/mol. The van der Waals surface area contributed by atoms with Gasteiger partial charge in [0.15, 0.2) is 5.82 Å². The van der Waals surface area contributed by atoms with Crippen molar-refractivity contribution in [1.82, 2.24) is 10.1 Å². The summed E-state index contributed by atoms with van der Waals surface area (Å²) in [5.41, 5.74) is 1.45. The molecule has 0 aliphatic carbocycles. The molecular formula is C17H19ClN4O3. The lowest BCUT2D eigenvalue weighted by molar-refractivity contribution is -0.116. The third-order valence-corrected chi connectivity index (χ3v) is 3.70. The molecule has 0 aliphatic rings. The van der Waals surface area contributed by atoms with E-state index >= 15 is 0 Å². The number of benzene rings is 1. The monoisotopic (exact) mass is 362 g/mol. The average Bonchev–Trinajstić information content (AvgIpc) is 2.95. The maximum atomic E-state index is 12.4. The normalized spacial score (nSPS) is 10.2. The Labute approximate surface area is 150 Å². The first kappa shape index (κ1) is 18.5. The van der Waals surface area contributed by atoms with Crippen LogP contribution in [0.4, 0.5) is 16.3 Å². The molecule has 1 heterocycles. The van der Waals surface area contributed by atoms with Gasteiger partial charge in [0.2, 0.25) is 5.91 Å². The van der Waals surface area contributed by atoms with Crippen LogP contribution in [0.5, 0.6) is 0 Å². The molecule has 0 saturated heterocycles. The molecule has 0 bridgehead atoms. The fourth-order valence-corrected chi connectivity index (χ4v) is 2.21. The highest BCUT2D eigenvalue weighted by Gasteiger charge is 2.17. The molecule has 2 N–H and O–H groups in total. The van der Waals surface area contributed by atoms with E-state index in [0.717, 1.165) is 5.56 Å². The highest BCUT2D eigenvalue weighted by atomic mass is 35.5. The molecule has 0 saturated carbocycles. The molecule has 132 valence electrons. The summed E-state index contributed by atoms with van der Waals surface area (Å²) in [4.78, 5) is 25.8. The van der Waals surface area contributed by atoms with E-state index in [1.807, 2.05) is 6.92 Å². The average molecular weight is 363 g/mol. The summed E-state index contributed by atoms with van der Waals surface area (Å²) in [5, 5.41) is 9.50.